The fraction of sp³-hybridized carbons (Fsp3) is 0.364. The lowest BCUT2D eigenvalue weighted by Crippen LogP contribution is -2.37. The van der Waals surface area contributed by atoms with E-state index in [1.54, 1.807) is 24.3 Å². The van der Waals surface area contributed by atoms with Gasteiger partial charge in [-0.2, -0.15) is 0 Å². The van der Waals surface area contributed by atoms with Crippen LogP contribution in [0.4, 0.5) is 4.79 Å². The molecule has 5 heteroatoms. The molecule has 0 aliphatic heterocycles. The Balaban J connectivity index is 2.16. The van der Waals surface area contributed by atoms with E-state index in [0.717, 1.165) is 0 Å². The SMILES string of the molecule is CCNC(=O)NCCOc1ccc(O)cc1. The molecule has 0 bridgehead atoms. The molecule has 0 aromatic heterocycles. The van der Waals surface area contributed by atoms with E-state index in [-0.39, 0.29) is 11.8 Å². The van der Waals surface area contributed by atoms with Gasteiger partial charge in [-0.25, -0.2) is 4.79 Å². The molecule has 0 fully saturated rings. The van der Waals surface area contributed by atoms with Gasteiger partial charge in [-0.1, -0.05) is 0 Å². The molecule has 5 nitrogen and oxygen atoms in total. The maximum Gasteiger partial charge on any atom is 0.314 e. The minimum Gasteiger partial charge on any atom is -0.508 e. The van der Waals surface area contributed by atoms with E-state index >= 15 is 0 Å². The predicted octanol–water partition coefficient (Wildman–Crippen LogP) is 1.09. The van der Waals surface area contributed by atoms with Crippen molar-refractivity contribution in [3.05, 3.63) is 24.3 Å². The van der Waals surface area contributed by atoms with E-state index in [9.17, 15) is 4.79 Å². The molecule has 1 rings (SSSR count). The average Bonchev–Trinajstić information content (AvgIpc) is 2.27. The molecule has 3 N–H and O–H groups in total. The summed E-state index contributed by atoms with van der Waals surface area (Å²) in [5.74, 6) is 0.864. The first-order valence-electron chi connectivity index (χ1n) is 5.16. The molecule has 0 aliphatic carbocycles. The van der Waals surface area contributed by atoms with Gasteiger partial charge in [0.25, 0.3) is 0 Å². The minimum absolute atomic E-state index is 0.197. The molecule has 0 heterocycles. The molecular formula is C11H16N2O3. The van der Waals surface area contributed by atoms with Crippen LogP contribution < -0.4 is 15.4 Å². The number of ether oxygens (including phenoxy) is 1. The first-order chi connectivity index (χ1) is 7.72. The zero-order valence-corrected chi connectivity index (χ0v) is 9.19. The number of carbonyl (C=O) groups excluding carboxylic acids is 1. The molecule has 0 radical (unpaired) electrons. The van der Waals surface area contributed by atoms with Crippen LogP contribution in [0.25, 0.3) is 0 Å². The van der Waals surface area contributed by atoms with Gasteiger partial charge in [0.05, 0.1) is 6.54 Å². The Labute approximate surface area is 94.4 Å². The topological polar surface area (TPSA) is 70.6 Å². The second kappa shape index (κ2) is 6.55. The summed E-state index contributed by atoms with van der Waals surface area (Å²) in [6, 6.07) is 6.24. The summed E-state index contributed by atoms with van der Waals surface area (Å²) in [6.45, 7) is 3.28. The lowest BCUT2D eigenvalue weighted by atomic mass is 10.3. The minimum atomic E-state index is -0.197. The molecule has 0 atom stereocenters. The average molecular weight is 224 g/mol. The quantitative estimate of drug-likeness (QED) is 0.656. The van der Waals surface area contributed by atoms with Crippen molar-refractivity contribution in [3.8, 4) is 11.5 Å². The Morgan fingerprint density at radius 3 is 2.62 bits per heavy atom. The summed E-state index contributed by atoms with van der Waals surface area (Å²) in [4.78, 5) is 11.0. The van der Waals surface area contributed by atoms with Gasteiger partial charge in [-0.15, -0.1) is 0 Å². The van der Waals surface area contributed by atoms with Crippen molar-refractivity contribution >= 4 is 6.03 Å². The number of phenolic OH excluding ortho intramolecular Hbond substituents is 1. The number of carbonyl (C=O) groups is 1. The molecule has 0 saturated heterocycles. The number of rotatable bonds is 5. The van der Waals surface area contributed by atoms with E-state index in [2.05, 4.69) is 10.6 Å². The van der Waals surface area contributed by atoms with Crippen molar-refractivity contribution in [2.24, 2.45) is 0 Å². The van der Waals surface area contributed by atoms with Crippen molar-refractivity contribution in [2.45, 2.75) is 6.92 Å². The first-order valence-corrected chi connectivity index (χ1v) is 5.16. The van der Waals surface area contributed by atoms with Crippen LogP contribution in [0.5, 0.6) is 11.5 Å². The molecule has 16 heavy (non-hydrogen) atoms. The van der Waals surface area contributed by atoms with Gasteiger partial charge in [0.1, 0.15) is 18.1 Å². The fourth-order valence-electron chi connectivity index (χ4n) is 1.10. The monoisotopic (exact) mass is 224 g/mol. The number of nitrogens with one attached hydrogen (secondary N) is 2. The van der Waals surface area contributed by atoms with Crippen LogP contribution in [0.2, 0.25) is 0 Å². The predicted molar refractivity (Wildman–Crippen MR) is 60.7 cm³/mol. The lowest BCUT2D eigenvalue weighted by Gasteiger charge is -2.07. The Kier molecular flexibility index (Phi) is 4.98. The zero-order valence-electron chi connectivity index (χ0n) is 9.19. The van der Waals surface area contributed by atoms with Gasteiger partial charge in [0.2, 0.25) is 0 Å². The van der Waals surface area contributed by atoms with Gasteiger partial charge >= 0.3 is 6.03 Å². The summed E-state index contributed by atoms with van der Waals surface area (Å²) in [6.07, 6.45) is 0. The molecule has 0 saturated carbocycles. The van der Waals surface area contributed by atoms with E-state index in [4.69, 9.17) is 9.84 Å². The van der Waals surface area contributed by atoms with Crippen molar-refractivity contribution in [2.75, 3.05) is 19.7 Å². The second-order valence-corrected chi connectivity index (χ2v) is 3.13. The van der Waals surface area contributed by atoms with E-state index in [0.29, 0.717) is 25.4 Å². The van der Waals surface area contributed by atoms with Crippen molar-refractivity contribution in [1.29, 1.82) is 0 Å². The Bertz CT molecular complexity index is 325. The summed E-state index contributed by atoms with van der Waals surface area (Å²) in [5, 5.41) is 14.3. The number of aromatic hydroxyl groups is 1. The zero-order chi connectivity index (χ0) is 11.8. The van der Waals surface area contributed by atoms with E-state index < -0.39 is 0 Å². The smallest absolute Gasteiger partial charge is 0.314 e. The van der Waals surface area contributed by atoms with Crippen molar-refractivity contribution in [3.63, 3.8) is 0 Å². The maximum absolute atomic E-state index is 11.0. The largest absolute Gasteiger partial charge is 0.508 e. The highest BCUT2D eigenvalue weighted by Gasteiger charge is 1.97. The Morgan fingerprint density at radius 1 is 1.31 bits per heavy atom. The third kappa shape index (κ3) is 4.54. The van der Waals surface area contributed by atoms with Crippen LogP contribution in [-0.2, 0) is 0 Å². The van der Waals surface area contributed by atoms with Crippen LogP contribution in [0.15, 0.2) is 24.3 Å². The molecule has 1 aromatic rings. The number of phenols is 1. The van der Waals surface area contributed by atoms with Gasteiger partial charge in [-0.05, 0) is 31.2 Å². The molecule has 0 unspecified atom stereocenters. The van der Waals surface area contributed by atoms with Crippen LogP contribution in [0.3, 0.4) is 0 Å². The molecule has 0 aliphatic rings. The Hall–Kier alpha value is -1.91. The van der Waals surface area contributed by atoms with Crippen LogP contribution in [-0.4, -0.2) is 30.8 Å². The summed E-state index contributed by atoms with van der Waals surface area (Å²) < 4.78 is 5.34. The highest BCUT2D eigenvalue weighted by molar-refractivity contribution is 5.73. The highest BCUT2D eigenvalue weighted by atomic mass is 16.5. The Morgan fingerprint density at radius 2 is 2.00 bits per heavy atom. The number of hydrogen-bond acceptors (Lipinski definition) is 3. The molecule has 2 amide bonds. The van der Waals surface area contributed by atoms with Gasteiger partial charge in [0.15, 0.2) is 0 Å². The number of hydrogen-bond donors (Lipinski definition) is 3. The van der Waals surface area contributed by atoms with Crippen LogP contribution in [0.1, 0.15) is 6.92 Å². The molecule has 0 spiro atoms. The van der Waals surface area contributed by atoms with Crippen molar-refractivity contribution < 1.29 is 14.6 Å². The molecule has 88 valence electrons. The van der Waals surface area contributed by atoms with Crippen molar-refractivity contribution in [1.82, 2.24) is 10.6 Å². The van der Waals surface area contributed by atoms with Gasteiger partial charge in [0, 0.05) is 6.54 Å². The summed E-state index contributed by atoms with van der Waals surface area (Å²) >= 11 is 0. The maximum atomic E-state index is 11.0. The van der Waals surface area contributed by atoms with E-state index in [1.807, 2.05) is 6.92 Å². The summed E-state index contributed by atoms with van der Waals surface area (Å²) in [5.41, 5.74) is 0. The standard InChI is InChI=1S/C11H16N2O3/c1-2-12-11(15)13-7-8-16-10-5-3-9(14)4-6-10/h3-6,14H,2,7-8H2,1H3,(H2,12,13,15). The second-order valence-electron chi connectivity index (χ2n) is 3.13. The third-order valence-electron chi connectivity index (χ3n) is 1.83. The highest BCUT2D eigenvalue weighted by Crippen LogP contribution is 2.15. The van der Waals surface area contributed by atoms with Gasteiger partial charge in [-0.3, -0.25) is 0 Å². The first kappa shape index (κ1) is 12.2. The number of urea groups is 1. The molecule has 1 aromatic carbocycles. The van der Waals surface area contributed by atoms with Crippen LogP contribution >= 0.6 is 0 Å². The van der Waals surface area contributed by atoms with E-state index in [1.165, 1.54) is 0 Å². The van der Waals surface area contributed by atoms with Crippen LogP contribution in [0, 0.1) is 0 Å². The number of benzene rings is 1. The normalized spacial score (nSPS) is 9.56. The summed E-state index contributed by atoms with van der Waals surface area (Å²) in [7, 11) is 0. The lowest BCUT2D eigenvalue weighted by molar-refractivity contribution is 0.237. The fourth-order valence-corrected chi connectivity index (χ4v) is 1.10. The molecular weight excluding hydrogens is 208 g/mol. The third-order valence-corrected chi connectivity index (χ3v) is 1.83. The number of amides is 2. The van der Waals surface area contributed by atoms with Gasteiger partial charge < -0.3 is 20.5 Å².